The van der Waals surface area contributed by atoms with E-state index in [1.165, 1.54) is 19.3 Å². The monoisotopic (exact) mass is 340 g/mol. The Kier molecular flexibility index (Phi) is 11.9. The molecule has 0 spiro atoms. The number of ether oxygens (including phenoxy) is 1. The van der Waals surface area contributed by atoms with Crippen LogP contribution in [0, 0.1) is 5.92 Å². The summed E-state index contributed by atoms with van der Waals surface area (Å²) in [5.41, 5.74) is 0.871. The number of aliphatic carboxylic acids is 2. The van der Waals surface area contributed by atoms with Gasteiger partial charge in [0.25, 0.3) is 0 Å². The molecule has 1 aliphatic heterocycles. The Balaban J connectivity index is 0.000000463. The van der Waals surface area contributed by atoms with E-state index in [-0.39, 0.29) is 6.10 Å². The van der Waals surface area contributed by atoms with Gasteiger partial charge < -0.3 is 14.9 Å². The van der Waals surface area contributed by atoms with Gasteiger partial charge in [0.15, 0.2) is 0 Å². The van der Waals surface area contributed by atoms with Crippen molar-refractivity contribution in [3.63, 3.8) is 0 Å². The van der Waals surface area contributed by atoms with Crippen molar-refractivity contribution >= 4 is 11.9 Å². The topological polar surface area (TPSA) is 87.1 Å². The van der Waals surface area contributed by atoms with Gasteiger partial charge in [-0.2, -0.15) is 0 Å². The predicted octanol–water partition coefficient (Wildman–Crippen LogP) is 4.43. The summed E-state index contributed by atoms with van der Waals surface area (Å²) in [5, 5.41) is 17.1. The van der Waals surface area contributed by atoms with Crippen LogP contribution in [0.2, 0.25) is 0 Å². The summed E-state index contributed by atoms with van der Waals surface area (Å²) in [6.07, 6.45) is 10.3. The van der Waals surface area contributed by atoms with E-state index in [0.717, 1.165) is 25.9 Å². The lowest BCUT2D eigenvalue weighted by Gasteiger charge is -2.11. The second-order valence-corrected chi connectivity index (χ2v) is 6.23. The number of hydrogen-bond donors (Lipinski definition) is 2. The van der Waals surface area contributed by atoms with E-state index in [2.05, 4.69) is 13.8 Å². The van der Waals surface area contributed by atoms with Crippen molar-refractivity contribution in [3.05, 3.63) is 23.3 Å². The first kappa shape index (κ1) is 22.4. The first-order valence-electron chi connectivity index (χ1n) is 8.73. The zero-order valence-electron chi connectivity index (χ0n) is 15.4. The molecule has 1 rings (SSSR count). The van der Waals surface area contributed by atoms with Gasteiger partial charge >= 0.3 is 11.9 Å². The molecule has 2 unspecified atom stereocenters. The van der Waals surface area contributed by atoms with E-state index < -0.39 is 11.9 Å². The molecule has 5 heteroatoms. The van der Waals surface area contributed by atoms with Crippen LogP contribution in [0.4, 0.5) is 0 Å². The van der Waals surface area contributed by atoms with Crippen LogP contribution in [0.5, 0.6) is 0 Å². The third kappa shape index (κ3) is 11.9. The number of allylic oxidation sites excluding steroid dienone is 1. The van der Waals surface area contributed by atoms with Gasteiger partial charge in [-0.25, -0.2) is 9.59 Å². The fourth-order valence-electron chi connectivity index (χ4n) is 2.01. The van der Waals surface area contributed by atoms with Crippen LogP contribution in [0.15, 0.2) is 23.3 Å². The van der Waals surface area contributed by atoms with Crippen LogP contribution in [0.25, 0.3) is 0 Å². The highest BCUT2D eigenvalue weighted by Crippen LogP contribution is 2.18. The zero-order valence-corrected chi connectivity index (χ0v) is 15.4. The van der Waals surface area contributed by atoms with Crippen LogP contribution in [0.1, 0.15) is 66.2 Å². The minimum absolute atomic E-state index is 0.286. The molecule has 0 bridgehead atoms. The number of epoxide rings is 1. The molecule has 1 heterocycles. The summed E-state index contributed by atoms with van der Waals surface area (Å²) in [4.78, 5) is 20.8. The molecule has 1 aliphatic rings. The minimum Gasteiger partial charge on any atom is -0.478 e. The van der Waals surface area contributed by atoms with Gasteiger partial charge in [-0.1, -0.05) is 51.7 Å². The summed E-state index contributed by atoms with van der Waals surface area (Å²) in [7, 11) is 0. The predicted molar refractivity (Wildman–Crippen MR) is 95.1 cm³/mol. The van der Waals surface area contributed by atoms with Crippen LogP contribution < -0.4 is 0 Å². The highest BCUT2D eigenvalue weighted by Gasteiger charge is 2.20. The third-order valence-electron chi connectivity index (χ3n) is 4.06. The lowest BCUT2D eigenvalue weighted by atomic mass is 9.95. The first-order chi connectivity index (χ1) is 11.3. The summed E-state index contributed by atoms with van der Waals surface area (Å²) in [5.74, 6) is -0.986. The molecule has 5 nitrogen and oxygen atoms in total. The van der Waals surface area contributed by atoms with E-state index in [1.54, 1.807) is 19.9 Å². The molecular formula is C19H32O5. The van der Waals surface area contributed by atoms with Crippen molar-refractivity contribution in [2.75, 3.05) is 6.61 Å². The number of carboxylic acid groups (broad SMARTS) is 2. The van der Waals surface area contributed by atoms with Crippen molar-refractivity contribution in [1.29, 1.82) is 0 Å². The lowest BCUT2D eigenvalue weighted by molar-refractivity contribution is -0.133. The normalized spacial score (nSPS) is 18.4. The van der Waals surface area contributed by atoms with Gasteiger partial charge in [0.05, 0.1) is 12.7 Å². The SMILES string of the molecule is CC(=CCC1CO1)C(=O)O.CCCCC(CC)CC=C(C)C(=O)O. The Morgan fingerprint density at radius 2 is 1.67 bits per heavy atom. The smallest absolute Gasteiger partial charge is 0.330 e. The Hall–Kier alpha value is -1.62. The standard InChI is InChI=1S/C12H22O2.C7H10O3/c1-4-6-7-11(5-2)9-8-10(3)12(13)14;1-5(7(8)9)2-3-6-4-10-6/h8,11H,4-7,9H2,1-3H3,(H,13,14);2,6H,3-4H2,1H3,(H,8,9). The van der Waals surface area contributed by atoms with Gasteiger partial charge in [-0.15, -0.1) is 0 Å². The largest absolute Gasteiger partial charge is 0.478 e. The number of hydrogen-bond acceptors (Lipinski definition) is 3. The Labute approximate surface area is 145 Å². The highest BCUT2D eigenvalue weighted by atomic mass is 16.6. The first-order valence-corrected chi connectivity index (χ1v) is 8.73. The van der Waals surface area contributed by atoms with Crippen molar-refractivity contribution < 1.29 is 24.5 Å². The van der Waals surface area contributed by atoms with Crippen LogP contribution in [-0.4, -0.2) is 34.9 Å². The average Bonchev–Trinajstić information content (AvgIpc) is 3.37. The van der Waals surface area contributed by atoms with Crippen molar-refractivity contribution in [3.8, 4) is 0 Å². The molecule has 2 N–H and O–H groups in total. The molecule has 0 aromatic rings. The number of carboxylic acids is 2. The zero-order chi connectivity index (χ0) is 18.5. The van der Waals surface area contributed by atoms with Crippen molar-refractivity contribution in [2.24, 2.45) is 5.92 Å². The van der Waals surface area contributed by atoms with Gasteiger partial charge in [-0.05, 0) is 32.6 Å². The highest BCUT2D eigenvalue weighted by molar-refractivity contribution is 5.86. The number of carbonyl (C=O) groups is 2. The Bertz CT molecular complexity index is 447. The van der Waals surface area contributed by atoms with Crippen molar-refractivity contribution in [2.45, 2.75) is 72.3 Å². The molecule has 2 atom stereocenters. The molecule has 138 valence electrons. The maximum atomic E-state index is 10.5. The second-order valence-electron chi connectivity index (χ2n) is 6.23. The molecule has 24 heavy (non-hydrogen) atoms. The van der Waals surface area contributed by atoms with Crippen LogP contribution in [0.3, 0.4) is 0 Å². The van der Waals surface area contributed by atoms with Gasteiger partial charge in [0.1, 0.15) is 0 Å². The van der Waals surface area contributed by atoms with E-state index >= 15 is 0 Å². The van der Waals surface area contributed by atoms with Crippen molar-refractivity contribution in [1.82, 2.24) is 0 Å². The Morgan fingerprint density at radius 1 is 1.12 bits per heavy atom. The van der Waals surface area contributed by atoms with E-state index in [4.69, 9.17) is 14.9 Å². The van der Waals surface area contributed by atoms with Gasteiger partial charge in [0, 0.05) is 11.1 Å². The number of unbranched alkanes of at least 4 members (excludes halogenated alkanes) is 1. The van der Waals surface area contributed by atoms with Crippen LogP contribution in [-0.2, 0) is 14.3 Å². The molecule has 0 saturated carbocycles. The Morgan fingerprint density at radius 3 is 2.08 bits per heavy atom. The molecule has 1 fully saturated rings. The summed E-state index contributed by atoms with van der Waals surface area (Å²) >= 11 is 0. The summed E-state index contributed by atoms with van der Waals surface area (Å²) < 4.78 is 4.90. The maximum Gasteiger partial charge on any atom is 0.330 e. The molecule has 0 aromatic heterocycles. The molecule has 0 aliphatic carbocycles. The van der Waals surface area contributed by atoms with Gasteiger partial charge in [0.2, 0.25) is 0 Å². The minimum atomic E-state index is -0.847. The third-order valence-corrected chi connectivity index (χ3v) is 4.06. The molecule has 0 radical (unpaired) electrons. The fraction of sp³-hybridized carbons (Fsp3) is 0.684. The molecule has 0 amide bonds. The van der Waals surface area contributed by atoms with Crippen LogP contribution >= 0.6 is 0 Å². The summed E-state index contributed by atoms with van der Waals surface area (Å²) in [6, 6.07) is 0. The average molecular weight is 340 g/mol. The van der Waals surface area contributed by atoms with E-state index in [0.29, 0.717) is 17.1 Å². The lowest BCUT2D eigenvalue weighted by Crippen LogP contribution is -2.00. The second kappa shape index (κ2) is 12.8. The molecule has 1 saturated heterocycles. The van der Waals surface area contributed by atoms with E-state index in [1.807, 2.05) is 6.08 Å². The fourth-order valence-corrected chi connectivity index (χ4v) is 2.01. The quantitative estimate of drug-likeness (QED) is 0.454. The molecule has 0 aromatic carbocycles. The van der Waals surface area contributed by atoms with E-state index in [9.17, 15) is 9.59 Å². The summed E-state index contributed by atoms with van der Waals surface area (Å²) in [6.45, 7) is 8.39. The molecular weight excluding hydrogens is 308 g/mol. The van der Waals surface area contributed by atoms with Gasteiger partial charge in [-0.3, -0.25) is 0 Å². The number of rotatable bonds is 10. The maximum absolute atomic E-state index is 10.5.